The summed E-state index contributed by atoms with van der Waals surface area (Å²) in [5.41, 5.74) is 7.16. The van der Waals surface area contributed by atoms with Crippen LogP contribution in [0.2, 0.25) is 0 Å². The molecule has 3 aromatic heterocycles. The first-order valence-electron chi connectivity index (χ1n) is 17.4. The van der Waals surface area contributed by atoms with Crippen LogP contribution in [0, 0.1) is 0 Å². The minimum absolute atomic E-state index is 0.137. The first kappa shape index (κ1) is 29.4. The van der Waals surface area contributed by atoms with Crippen molar-refractivity contribution >= 4 is 77.3 Å². The predicted molar refractivity (Wildman–Crippen MR) is 216 cm³/mol. The molecule has 4 nitrogen and oxygen atoms in total. The molecule has 0 bridgehead atoms. The van der Waals surface area contributed by atoms with Gasteiger partial charge in [0.2, 0.25) is 0 Å². The molecule has 0 aliphatic rings. The SMILES string of the molecule is c1ccc(-c2nc(-c3ccc4oc5ccccc5c4c3)nc(-c3cccc4c3ccc3ccc5c6cccc(-c7ccccc7)c6[se]c5c34)n2)cc1. The molecular formula is C47H27N3OSe. The van der Waals surface area contributed by atoms with Crippen molar-refractivity contribution in [1.82, 2.24) is 15.0 Å². The minimum atomic E-state index is 0.137. The maximum atomic E-state index is 6.14. The monoisotopic (exact) mass is 729 g/mol. The summed E-state index contributed by atoms with van der Waals surface area (Å²) in [5, 5.41) is 9.73. The molecule has 0 aliphatic heterocycles. The van der Waals surface area contributed by atoms with Crippen molar-refractivity contribution in [3.8, 4) is 45.3 Å². The van der Waals surface area contributed by atoms with Gasteiger partial charge in [-0.3, -0.25) is 0 Å². The molecular weight excluding hydrogens is 701 g/mol. The van der Waals surface area contributed by atoms with Gasteiger partial charge in [-0.1, -0.05) is 18.2 Å². The Morgan fingerprint density at radius 1 is 0.365 bits per heavy atom. The number of para-hydroxylation sites is 1. The van der Waals surface area contributed by atoms with Gasteiger partial charge < -0.3 is 4.42 Å². The van der Waals surface area contributed by atoms with Crippen molar-refractivity contribution in [2.24, 2.45) is 0 Å². The Morgan fingerprint density at radius 3 is 1.81 bits per heavy atom. The zero-order valence-corrected chi connectivity index (χ0v) is 29.5. The van der Waals surface area contributed by atoms with Gasteiger partial charge in [0.1, 0.15) is 5.58 Å². The van der Waals surface area contributed by atoms with E-state index in [9.17, 15) is 0 Å². The average molecular weight is 729 g/mol. The Balaban J connectivity index is 1.15. The van der Waals surface area contributed by atoms with E-state index in [1.807, 2.05) is 48.5 Å². The zero-order valence-electron chi connectivity index (χ0n) is 27.7. The van der Waals surface area contributed by atoms with E-state index < -0.39 is 0 Å². The van der Waals surface area contributed by atoms with Crippen LogP contribution in [0.15, 0.2) is 168 Å². The standard InChI is InChI=1S/C47H27N3OSe/c1-3-11-28(12-4-1)32-16-9-18-36-37-25-22-29-21-24-33-35(42(29)44(37)52-43(32)36)17-10-19-38(33)47-49-45(30-13-5-2-6-14-30)48-46(50-47)31-23-26-41-39(27-31)34-15-7-8-20-40(34)51-41/h1-27H. The van der Waals surface area contributed by atoms with E-state index in [2.05, 4.69) is 115 Å². The number of benzene rings is 8. The third kappa shape index (κ3) is 4.57. The molecule has 0 unspecified atom stereocenters. The van der Waals surface area contributed by atoms with Gasteiger partial charge in [0.25, 0.3) is 0 Å². The Labute approximate surface area is 304 Å². The van der Waals surface area contributed by atoms with Crippen LogP contribution in [0.4, 0.5) is 0 Å². The Morgan fingerprint density at radius 2 is 0.981 bits per heavy atom. The molecule has 242 valence electrons. The van der Waals surface area contributed by atoms with Gasteiger partial charge in [0.15, 0.2) is 0 Å². The van der Waals surface area contributed by atoms with Gasteiger partial charge in [0, 0.05) is 0 Å². The van der Waals surface area contributed by atoms with Crippen LogP contribution < -0.4 is 0 Å². The number of fused-ring (bicyclic) bond motifs is 10. The van der Waals surface area contributed by atoms with Gasteiger partial charge in [0.05, 0.1) is 0 Å². The molecule has 0 fully saturated rings. The number of nitrogens with zero attached hydrogens (tertiary/aromatic N) is 3. The topological polar surface area (TPSA) is 51.8 Å². The Bertz CT molecular complexity index is 3180. The normalized spacial score (nSPS) is 11.8. The van der Waals surface area contributed by atoms with Crippen molar-refractivity contribution in [1.29, 1.82) is 0 Å². The van der Waals surface area contributed by atoms with Gasteiger partial charge in [-0.2, -0.15) is 0 Å². The second-order valence-electron chi connectivity index (χ2n) is 13.1. The van der Waals surface area contributed by atoms with Crippen molar-refractivity contribution < 1.29 is 4.42 Å². The van der Waals surface area contributed by atoms with Gasteiger partial charge >= 0.3 is 271 Å². The van der Waals surface area contributed by atoms with Crippen LogP contribution in [-0.2, 0) is 0 Å². The molecule has 52 heavy (non-hydrogen) atoms. The summed E-state index contributed by atoms with van der Waals surface area (Å²) in [6.07, 6.45) is 0. The third-order valence-electron chi connectivity index (χ3n) is 10.1. The van der Waals surface area contributed by atoms with Crippen molar-refractivity contribution in [3.05, 3.63) is 164 Å². The molecule has 0 amide bonds. The molecule has 0 saturated heterocycles. The van der Waals surface area contributed by atoms with Crippen LogP contribution >= 0.6 is 0 Å². The van der Waals surface area contributed by atoms with Crippen LogP contribution in [0.3, 0.4) is 0 Å². The predicted octanol–water partition coefficient (Wildman–Crippen LogP) is 12.1. The zero-order chi connectivity index (χ0) is 34.2. The van der Waals surface area contributed by atoms with E-state index in [0.29, 0.717) is 17.5 Å². The molecule has 0 N–H and O–H groups in total. The third-order valence-corrected chi connectivity index (χ3v) is 12.8. The van der Waals surface area contributed by atoms with Crippen molar-refractivity contribution in [2.75, 3.05) is 0 Å². The first-order chi connectivity index (χ1) is 25.8. The Hall–Kier alpha value is -6.39. The van der Waals surface area contributed by atoms with E-state index in [-0.39, 0.29) is 14.5 Å². The number of aromatic nitrogens is 3. The molecule has 0 spiro atoms. The van der Waals surface area contributed by atoms with Crippen molar-refractivity contribution in [2.45, 2.75) is 0 Å². The summed E-state index contributed by atoms with van der Waals surface area (Å²) in [6.45, 7) is 0. The van der Waals surface area contributed by atoms with Crippen LogP contribution in [0.25, 0.3) is 108 Å². The summed E-state index contributed by atoms with van der Waals surface area (Å²) < 4.78 is 9.03. The molecule has 11 rings (SSSR count). The summed E-state index contributed by atoms with van der Waals surface area (Å²) in [7, 11) is 0. The van der Waals surface area contributed by atoms with Gasteiger partial charge in [-0.25, -0.2) is 0 Å². The van der Waals surface area contributed by atoms with Crippen LogP contribution in [0.1, 0.15) is 0 Å². The fourth-order valence-electron chi connectivity index (χ4n) is 7.68. The number of hydrogen-bond donors (Lipinski definition) is 0. The summed E-state index contributed by atoms with van der Waals surface area (Å²) in [6, 6.07) is 57.7. The number of rotatable bonds is 4. The second kappa shape index (κ2) is 11.6. The van der Waals surface area contributed by atoms with Gasteiger partial charge in [-0.05, 0) is 6.07 Å². The van der Waals surface area contributed by atoms with Crippen molar-refractivity contribution in [3.63, 3.8) is 0 Å². The molecule has 3 heterocycles. The molecule has 11 aromatic rings. The van der Waals surface area contributed by atoms with E-state index in [0.717, 1.165) is 44.0 Å². The number of hydrogen-bond acceptors (Lipinski definition) is 4. The van der Waals surface area contributed by atoms with Gasteiger partial charge in [-0.15, -0.1) is 0 Å². The second-order valence-corrected chi connectivity index (χ2v) is 15.3. The molecule has 5 heteroatoms. The molecule has 8 aromatic carbocycles. The van der Waals surface area contributed by atoms with Crippen LogP contribution in [0.5, 0.6) is 0 Å². The summed E-state index contributed by atoms with van der Waals surface area (Å²) in [5.74, 6) is 1.92. The Kier molecular flexibility index (Phi) is 6.53. The fraction of sp³-hybridized carbons (Fsp3) is 0. The average Bonchev–Trinajstić information content (AvgIpc) is 3.79. The molecule has 0 aliphatic carbocycles. The van der Waals surface area contributed by atoms with E-state index in [1.54, 1.807) is 0 Å². The van der Waals surface area contributed by atoms with E-state index in [1.165, 1.54) is 46.6 Å². The summed E-state index contributed by atoms with van der Waals surface area (Å²) >= 11 is 0.137. The van der Waals surface area contributed by atoms with E-state index >= 15 is 0 Å². The first-order valence-corrected chi connectivity index (χ1v) is 19.1. The fourth-order valence-corrected chi connectivity index (χ4v) is 10.6. The molecule has 0 radical (unpaired) electrons. The number of furan rings is 1. The summed E-state index contributed by atoms with van der Waals surface area (Å²) in [4.78, 5) is 15.4. The van der Waals surface area contributed by atoms with E-state index in [4.69, 9.17) is 19.4 Å². The maximum absolute atomic E-state index is 6.14. The molecule has 0 atom stereocenters. The molecule has 0 saturated carbocycles. The van der Waals surface area contributed by atoms with Crippen LogP contribution in [-0.4, -0.2) is 29.5 Å². The quantitative estimate of drug-likeness (QED) is 0.134.